The van der Waals surface area contributed by atoms with Crippen molar-refractivity contribution in [1.29, 1.82) is 0 Å². The molecule has 33 heavy (non-hydrogen) atoms. The summed E-state index contributed by atoms with van der Waals surface area (Å²) in [7, 11) is 4.00. The number of fused-ring (bicyclic) bond motifs is 1. The molecule has 0 atom stereocenters. The highest BCUT2D eigenvalue weighted by molar-refractivity contribution is 5.95. The maximum absolute atomic E-state index is 12.9. The van der Waals surface area contributed by atoms with Crippen molar-refractivity contribution in [3.8, 4) is 0 Å². The van der Waals surface area contributed by atoms with Crippen molar-refractivity contribution in [2.45, 2.75) is 70.9 Å². The molecular formula is C26H35N5O2. The number of aryl methyl sites for hydroxylation is 1. The molecule has 7 heteroatoms. The lowest BCUT2D eigenvalue weighted by Gasteiger charge is -2.30. The van der Waals surface area contributed by atoms with Crippen LogP contribution in [0, 0.1) is 6.92 Å². The van der Waals surface area contributed by atoms with E-state index in [9.17, 15) is 4.79 Å². The SMILES string of the molecule is Cc1oc(C(C)(C)C)cc1C(=O)N[C@H]1CC[C@@H](Nc2nc(N(C)C)c3ccccc3n2)CC1. The number of hydrogen-bond donors (Lipinski definition) is 2. The topological polar surface area (TPSA) is 83.3 Å². The molecule has 0 bridgehead atoms. The molecule has 0 radical (unpaired) electrons. The van der Waals surface area contributed by atoms with Gasteiger partial charge in [-0.1, -0.05) is 32.9 Å². The van der Waals surface area contributed by atoms with Crippen molar-refractivity contribution in [2.75, 3.05) is 24.3 Å². The molecule has 2 heterocycles. The summed E-state index contributed by atoms with van der Waals surface area (Å²) in [5.74, 6) is 3.04. The number of hydrogen-bond acceptors (Lipinski definition) is 6. The van der Waals surface area contributed by atoms with Crippen molar-refractivity contribution in [1.82, 2.24) is 15.3 Å². The Morgan fingerprint density at radius 3 is 2.36 bits per heavy atom. The number of aromatic nitrogens is 2. The molecular weight excluding hydrogens is 414 g/mol. The van der Waals surface area contributed by atoms with E-state index in [0.717, 1.165) is 48.2 Å². The van der Waals surface area contributed by atoms with Crippen LogP contribution >= 0.6 is 0 Å². The van der Waals surface area contributed by atoms with Gasteiger partial charge in [0, 0.05) is 37.0 Å². The number of furan rings is 1. The highest BCUT2D eigenvalue weighted by Crippen LogP contribution is 2.29. The first-order valence-corrected chi connectivity index (χ1v) is 11.7. The molecule has 176 valence electrons. The number of nitrogens with zero attached hydrogens (tertiary/aromatic N) is 3. The van der Waals surface area contributed by atoms with Crippen LogP contribution in [0.15, 0.2) is 34.7 Å². The minimum atomic E-state index is -0.121. The molecule has 4 rings (SSSR count). The Kier molecular flexibility index (Phi) is 6.32. The van der Waals surface area contributed by atoms with Crippen LogP contribution < -0.4 is 15.5 Å². The Balaban J connectivity index is 1.37. The molecule has 0 unspecified atom stereocenters. The largest absolute Gasteiger partial charge is 0.465 e. The van der Waals surface area contributed by atoms with Crippen LogP contribution in [-0.2, 0) is 5.41 Å². The number of nitrogens with one attached hydrogen (secondary N) is 2. The third-order valence-electron chi connectivity index (χ3n) is 6.30. The summed E-state index contributed by atoms with van der Waals surface area (Å²) in [6, 6.07) is 10.4. The van der Waals surface area contributed by atoms with Crippen LogP contribution in [0.1, 0.15) is 68.3 Å². The number of anilines is 2. The number of rotatable bonds is 5. The highest BCUT2D eigenvalue weighted by Gasteiger charge is 2.27. The first kappa shape index (κ1) is 23.1. The quantitative estimate of drug-likeness (QED) is 0.567. The van der Waals surface area contributed by atoms with E-state index in [0.29, 0.717) is 17.3 Å². The van der Waals surface area contributed by atoms with E-state index in [1.54, 1.807) is 0 Å². The molecule has 1 aromatic carbocycles. The normalized spacial score (nSPS) is 18.8. The molecule has 2 aromatic heterocycles. The van der Waals surface area contributed by atoms with E-state index in [1.165, 1.54) is 0 Å². The van der Waals surface area contributed by atoms with Gasteiger partial charge in [-0.15, -0.1) is 0 Å². The standard InChI is InChI=1S/C26H35N5O2/c1-16-20(15-22(33-16)26(2,3)4)24(32)27-17-11-13-18(14-12-17)28-25-29-21-10-8-7-9-19(21)23(30-25)31(5)6/h7-10,15,17-18H,11-14H2,1-6H3,(H,27,32)(H,28,29,30)/t17-,18+. The molecule has 0 spiro atoms. The maximum Gasteiger partial charge on any atom is 0.255 e. The Morgan fingerprint density at radius 1 is 1.06 bits per heavy atom. The lowest BCUT2D eigenvalue weighted by Crippen LogP contribution is -2.40. The fraction of sp³-hybridized carbons (Fsp3) is 0.500. The minimum absolute atomic E-state index is 0.0448. The van der Waals surface area contributed by atoms with Crippen LogP contribution in [-0.4, -0.2) is 42.1 Å². The Labute approximate surface area is 196 Å². The van der Waals surface area contributed by atoms with Crippen molar-refractivity contribution in [3.63, 3.8) is 0 Å². The van der Waals surface area contributed by atoms with E-state index in [1.807, 2.05) is 50.2 Å². The van der Waals surface area contributed by atoms with Gasteiger partial charge in [0.15, 0.2) is 0 Å². The smallest absolute Gasteiger partial charge is 0.255 e. The van der Waals surface area contributed by atoms with Gasteiger partial charge in [0.25, 0.3) is 5.91 Å². The predicted octanol–water partition coefficient (Wildman–Crippen LogP) is 5.05. The lowest BCUT2D eigenvalue weighted by molar-refractivity contribution is 0.0925. The lowest BCUT2D eigenvalue weighted by atomic mass is 9.91. The maximum atomic E-state index is 12.9. The van der Waals surface area contributed by atoms with E-state index in [2.05, 4.69) is 37.5 Å². The van der Waals surface area contributed by atoms with Crippen molar-refractivity contribution in [2.24, 2.45) is 0 Å². The molecule has 1 aliphatic carbocycles. The van der Waals surface area contributed by atoms with Crippen LogP contribution in [0.2, 0.25) is 0 Å². The number of benzene rings is 1. The van der Waals surface area contributed by atoms with Gasteiger partial charge in [-0.2, -0.15) is 4.98 Å². The van der Waals surface area contributed by atoms with Gasteiger partial charge in [0.05, 0.1) is 11.1 Å². The van der Waals surface area contributed by atoms with E-state index >= 15 is 0 Å². The van der Waals surface area contributed by atoms with Gasteiger partial charge in [0.2, 0.25) is 5.95 Å². The summed E-state index contributed by atoms with van der Waals surface area (Å²) in [6.45, 7) is 8.11. The van der Waals surface area contributed by atoms with Crippen molar-refractivity contribution >= 4 is 28.6 Å². The monoisotopic (exact) mass is 449 g/mol. The minimum Gasteiger partial charge on any atom is -0.465 e. The molecule has 1 saturated carbocycles. The average Bonchev–Trinajstić information content (AvgIpc) is 3.17. The van der Waals surface area contributed by atoms with Gasteiger partial charge in [0.1, 0.15) is 17.3 Å². The second-order valence-electron chi connectivity index (χ2n) is 10.3. The third kappa shape index (κ3) is 5.13. The van der Waals surface area contributed by atoms with Crippen molar-refractivity contribution in [3.05, 3.63) is 47.4 Å². The van der Waals surface area contributed by atoms with Gasteiger partial charge in [-0.3, -0.25) is 4.79 Å². The van der Waals surface area contributed by atoms with Crippen LogP contribution in [0.25, 0.3) is 10.9 Å². The van der Waals surface area contributed by atoms with E-state index in [4.69, 9.17) is 14.4 Å². The number of carbonyl (C=O) groups is 1. The number of carbonyl (C=O) groups excluding carboxylic acids is 1. The molecule has 0 saturated heterocycles. The molecule has 1 amide bonds. The highest BCUT2D eigenvalue weighted by atomic mass is 16.3. The van der Waals surface area contributed by atoms with Gasteiger partial charge in [-0.05, 0) is 50.8 Å². The van der Waals surface area contributed by atoms with Gasteiger partial charge in [-0.25, -0.2) is 4.98 Å². The zero-order valence-electron chi connectivity index (χ0n) is 20.5. The Hall–Kier alpha value is -3.09. The fourth-order valence-electron chi connectivity index (χ4n) is 4.37. The summed E-state index contributed by atoms with van der Waals surface area (Å²) in [5.41, 5.74) is 1.45. The molecule has 0 aliphatic heterocycles. The summed E-state index contributed by atoms with van der Waals surface area (Å²) in [6.07, 6.45) is 3.74. The number of para-hydroxylation sites is 1. The summed E-state index contributed by atoms with van der Waals surface area (Å²) in [5, 5.41) is 7.78. The predicted molar refractivity (Wildman–Crippen MR) is 133 cm³/mol. The van der Waals surface area contributed by atoms with Crippen LogP contribution in [0.5, 0.6) is 0 Å². The second-order valence-corrected chi connectivity index (χ2v) is 10.3. The van der Waals surface area contributed by atoms with E-state index < -0.39 is 0 Å². The Morgan fingerprint density at radius 2 is 1.73 bits per heavy atom. The van der Waals surface area contributed by atoms with E-state index in [-0.39, 0.29) is 23.4 Å². The number of amides is 1. The van der Waals surface area contributed by atoms with Gasteiger partial charge < -0.3 is 20.0 Å². The van der Waals surface area contributed by atoms with Crippen molar-refractivity contribution < 1.29 is 9.21 Å². The molecule has 7 nitrogen and oxygen atoms in total. The van der Waals surface area contributed by atoms with Crippen LogP contribution in [0.3, 0.4) is 0 Å². The summed E-state index contributed by atoms with van der Waals surface area (Å²) >= 11 is 0. The zero-order chi connectivity index (χ0) is 23.8. The first-order valence-electron chi connectivity index (χ1n) is 11.7. The third-order valence-corrected chi connectivity index (χ3v) is 6.30. The van der Waals surface area contributed by atoms with Crippen LogP contribution in [0.4, 0.5) is 11.8 Å². The molecule has 3 aromatic rings. The Bertz CT molecular complexity index is 1140. The first-order chi connectivity index (χ1) is 15.6. The molecule has 1 aliphatic rings. The van der Waals surface area contributed by atoms with Gasteiger partial charge >= 0.3 is 0 Å². The summed E-state index contributed by atoms with van der Waals surface area (Å²) < 4.78 is 5.84. The zero-order valence-corrected chi connectivity index (χ0v) is 20.5. The average molecular weight is 450 g/mol. The summed E-state index contributed by atoms with van der Waals surface area (Å²) in [4.78, 5) is 24.4. The second kappa shape index (κ2) is 9.04. The fourth-order valence-corrected chi connectivity index (χ4v) is 4.37. The molecule has 2 N–H and O–H groups in total. The molecule has 1 fully saturated rings.